The van der Waals surface area contributed by atoms with Gasteiger partial charge in [-0.25, -0.2) is 9.78 Å². The smallest absolute Gasteiger partial charge is 0.336 e. The number of carbonyl (C=O) groups is 1. The number of benzene rings is 1. The molecule has 1 aromatic heterocycles. The van der Waals surface area contributed by atoms with Crippen molar-refractivity contribution in [2.75, 3.05) is 0 Å². The molecule has 0 spiro atoms. The second-order valence-corrected chi connectivity index (χ2v) is 4.88. The van der Waals surface area contributed by atoms with Crippen LogP contribution in [0.15, 0.2) is 24.3 Å². The fourth-order valence-corrected chi connectivity index (χ4v) is 2.64. The van der Waals surface area contributed by atoms with Crippen molar-refractivity contribution in [2.24, 2.45) is 0 Å². The average molecular weight is 257 g/mol. The largest absolute Gasteiger partial charge is 0.478 e. The third-order valence-electron chi connectivity index (χ3n) is 3.64. The predicted molar refractivity (Wildman–Crippen MR) is 70.0 cm³/mol. The molecule has 0 radical (unpaired) electrons. The molecular formula is C14H15N3O2. The molecule has 5 nitrogen and oxygen atoms in total. The summed E-state index contributed by atoms with van der Waals surface area (Å²) in [6, 6.07) is 6.82. The van der Waals surface area contributed by atoms with Gasteiger partial charge in [0.05, 0.1) is 5.56 Å². The van der Waals surface area contributed by atoms with Crippen molar-refractivity contribution >= 4 is 5.97 Å². The Morgan fingerprint density at radius 3 is 2.74 bits per heavy atom. The lowest BCUT2D eigenvalue weighted by atomic mass is 10.1. The zero-order valence-electron chi connectivity index (χ0n) is 10.5. The molecule has 98 valence electrons. The first-order valence-corrected chi connectivity index (χ1v) is 6.50. The van der Waals surface area contributed by atoms with Crippen LogP contribution in [0, 0.1) is 0 Å². The highest BCUT2D eigenvalue weighted by atomic mass is 16.4. The van der Waals surface area contributed by atoms with E-state index >= 15 is 0 Å². The minimum Gasteiger partial charge on any atom is -0.478 e. The quantitative estimate of drug-likeness (QED) is 0.886. The van der Waals surface area contributed by atoms with Crippen molar-refractivity contribution in [2.45, 2.75) is 31.6 Å². The Morgan fingerprint density at radius 1 is 1.26 bits per heavy atom. The SMILES string of the molecule is O=C(O)c1ccccc1-c1n[nH]c(C2CCCC2)n1. The van der Waals surface area contributed by atoms with E-state index in [0.717, 1.165) is 18.7 Å². The Balaban J connectivity index is 1.96. The zero-order chi connectivity index (χ0) is 13.2. The lowest BCUT2D eigenvalue weighted by Gasteiger charge is -2.03. The summed E-state index contributed by atoms with van der Waals surface area (Å²) < 4.78 is 0. The third-order valence-corrected chi connectivity index (χ3v) is 3.64. The van der Waals surface area contributed by atoms with E-state index in [9.17, 15) is 9.90 Å². The Labute approximate surface area is 110 Å². The summed E-state index contributed by atoms with van der Waals surface area (Å²) in [5.74, 6) is 0.841. The van der Waals surface area contributed by atoms with Gasteiger partial charge in [0, 0.05) is 11.5 Å². The second-order valence-electron chi connectivity index (χ2n) is 4.88. The van der Waals surface area contributed by atoms with Crippen LogP contribution in [0.2, 0.25) is 0 Å². The van der Waals surface area contributed by atoms with E-state index < -0.39 is 5.97 Å². The molecule has 0 unspecified atom stereocenters. The Hall–Kier alpha value is -2.17. The van der Waals surface area contributed by atoms with E-state index in [4.69, 9.17) is 0 Å². The molecule has 1 fully saturated rings. The lowest BCUT2D eigenvalue weighted by Crippen LogP contribution is -2.00. The monoisotopic (exact) mass is 257 g/mol. The molecule has 1 aliphatic rings. The van der Waals surface area contributed by atoms with Gasteiger partial charge in [0.1, 0.15) is 5.82 Å². The van der Waals surface area contributed by atoms with Gasteiger partial charge < -0.3 is 5.11 Å². The average Bonchev–Trinajstić information content (AvgIpc) is 3.09. The van der Waals surface area contributed by atoms with E-state index in [1.54, 1.807) is 24.3 Å². The number of carboxylic acids is 1. The van der Waals surface area contributed by atoms with Crippen LogP contribution in [-0.4, -0.2) is 26.3 Å². The Morgan fingerprint density at radius 2 is 2.00 bits per heavy atom. The van der Waals surface area contributed by atoms with Gasteiger partial charge >= 0.3 is 5.97 Å². The highest BCUT2D eigenvalue weighted by Crippen LogP contribution is 2.33. The normalized spacial score (nSPS) is 15.8. The number of carboxylic acid groups (broad SMARTS) is 1. The van der Waals surface area contributed by atoms with Crippen LogP contribution in [0.1, 0.15) is 47.8 Å². The number of aromatic carboxylic acids is 1. The van der Waals surface area contributed by atoms with E-state index in [0.29, 0.717) is 17.3 Å². The van der Waals surface area contributed by atoms with Crippen molar-refractivity contribution in [3.8, 4) is 11.4 Å². The summed E-state index contributed by atoms with van der Waals surface area (Å²) in [5.41, 5.74) is 0.801. The molecule has 1 saturated carbocycles. The number of hydrogen-bond acceptors (Lipinski definition) is 3. The summed E-state index contributed by atoms with van der Waals surface area (Å²) >= 11 is 0. The van der Waals surface area contributed by atoms with E-state index in [1.165, 1.54) is 12.8 Å². The highest BCUT2D eigenvalue weighted by Gasteiger charge is 2.22. The van der Waals surface area contributed by atoms with Crippen LogP contribution in [-0.2, 0) is 0 Å². The number of aromatic amines is 1. The van der Waals surface area contributed by atoms with E-state index in [1.807, 2.05) is 0 Å². The van der Waals surface area contributed by atoms with Crippen LogP contribution in [0.3, 0.4) is 0 Å². The minimum atomic E-state index is -0.956. The van der Waals surface area contributed by atoms with Crippen molar-refractivity contribution < 1.29 is 9.90 Å². The Bertz CT molecular complexity index is 600. The number of H-pyrrole nitrogens is 1. The molecule has 0 bridgehead atoms. The number of rotatable bonds is 3. The second kappa shape index (κ2) is 4.84. The standard InChI is InChI=1S/C14H15N3O2/c18-14(19)11-8-4-3-7-10(11)13-15-12(16-17-13)9-5-1-2-6-9/h3-4,7-9H,1-2,5-6H2,(H,18,19)(H,15,16,17). The lowest BCUT2D eigenvalue weighted by molar-refractivity contribution is 0.0697. The van der Waals surface area contributed by atoms with Crippen molar-refractivity contribution in [3.05, 3.63) is 35.7 Å². The van der Waals surface area contributed by atoms with Crippen LogP contribution < -0.4 is 0 Å². The van der Waals surface area contributed by atoms with Gasteiger partial charge in [0.2, 0.25) is 0 Å². The molecule has 2 aromatic rings. The number of aromatic nitrogens is 3. The molecular weight excluding hydrogens is 242 g/mol. The predicted octanol–water partition coefficient (Wildman–Crippen LogP) is 2.83. The Kier molecular flexibility index (Phi) is 3.03. The van der Waals surface area contributed by atoms with Gasteiger partial charge in [-0.3, -0.25) is 5.10 Å². The molecule has 2 N–H and O–H groups in total. The van der Waals surface area contributed by atoms with Crippen LogP contribution in [0.4, 0.5) is 0 Å². The third kappa shape index (κ3) is 2.23. The first-order chi connectivity index (χ1) is 9.25. The highest BCUT2D eigenvalue weighted by molar-refractivity contribution is 5.94. The molecule has 1 heterocycles. The molecule has 3 rings (SSSR count). The van der Waals surface area contributed by atoms with E-state index in [-0.39, 0.29) is 5.56 Å². The molecule has 0 aliphatic heterocycles. The topological polar surface area (TPSA) is 78.9 Å². The van der Waals surface area contributed by atoms with Crippen molar-refractivity contribution in [3.63, 3.8) is 0 Å². The maximum Gasteiger partial charge on any atom is 0.336 e. The van der Waals surface area contributed by atoms with E-state index in [2.05, 4.69) is 15.2 Å². The maximum atomic E-state index is 11.2. The van der Waals surface area contributed by atoms with Crippen LogP contribution >= 0.6 is 0 Å². The van der Waals surface area contributed by atoms with Gasteiger partial charge in [-0.15, -0.1) is 0 Å². The van der Waals surface area contributed by atoms with Crippen LogP contribution in [0.5, 0.6) is 0 Å². The summed E-state index contributed by atoms with van der Waals surface area (Å²) in [6.45, 7) is 0. The molecule has 19 heavy (non-hydrogen) atoms. The maximum absolute atomic E-state index is 11.2. The van der Waals surface area contributed by atoms with Gasteiger partial charge in [0.25, 0.3) is 0 Å². The first-order valence-electron chi connectivity index (χ1n) is 6.50. The number of nitrogens with one attached hydrogen (secondary N) is 1. The minimum absolute atomic E-state index is 0.236. The molecule has 0 atom stereocenters. The molecule has 1 aromatic carbocycles. The summed E-state index contributed by atoms with van der Waals surface area (Å²) in [7, 11) is 0. The summed E-state index contributed by atoms with van der Waals surface area (Å²) in [5, 5.41) is 16.3. The molecule has 0 saturated heterocycles. The van der Waals surface area contributed by atoms with Crippen molar-refractivity contribution in [1.82, 2.24) is 15.2 Å². The zero-order valence-corrected chi connectivity index (χ0v) is 10.5. The fraction of sp³-hybridized carbons (Fsp3) is 0.357. The van der Waals surface area contributed by atoms with Gasteiger partial charge in [0.15, 0.2) is 5.82 Å². The van der Waals surface area contributed by atoms with Crippen molar-refractivity contribution in [1.29, 1.82) is 0 Å². The fourth-order valence-electron chi connectivity index (χ4n) is 2.64. The summed E-state index contributed by atoms with van der Waals surface area (Å²) in [6.07, 6.45) is 4.73. The van der Waals surface area contributed by atoms with Gasteiger partial charge in [-0.1, -0.05) is 31.0 Å². The number of nitrogens with zero attached hydrogens (tertiary/aromatic N) is 2. The molecule has 5 heteroatoms. The number of hydrogen-bond donors (Lipinski definition) is 2. The van der Waals surface area contributed by atoms with Gasteiger partial charge in [-0.05, 0) is 18.9 Å². The molecule has 1 aliphatic carbocycles. The van der Waals surface area contributed by atoms with Crippen LogP contribution in [0.25, 0.3) is 11.4 Å². The van der Waals surface area contributed by atoms with Gasteiger partial charge in [-0.2, -0.15) is 5.10 Å². The first kappa shape index (κ1) is 11.9. The summed E-state index contributed by atoms with van der Waals surface area (Å²) in [4.78, 5) is 15.7. The molecule has 0 amide bonds.